The molecule has 2 saturated heterocycles. The largest absolute Gasteiger partial charge is 0.385 e. The zero-order valence-corrected chi connectivity index (χ0v) is 12.6. The third-order valence-electron chi connectivity index (χ3n) is 4.95. The lowest BCUT2D eigenvalue weighted by Gasteiger charge is -2.44. The molecule has 1 aromatic carbocycles. The van der Waals surface area contributed by atoms with Crippen molar-refractivity contribution in [1.82, 2.24) is 0 Å². The molecule has 0 radical (unpaired) electrons. The minimum atomic E-state index is -3.20. The van der Waals surface area contributed by atoms with Crippen LogP contribution in [0.1, 0.15) is 43.2 Å². The second-order valence-corrected chi connectivity index (χ2v) is 8.75. The van der Waals surface area contributed by atoms with Crippen LogP contribution in [0, 0.1) is 18.6 Å². The molecule has 2 atom stereocenters. The predicted molar refractivity (Wildman–Crippen MR) is 74.6 cm³/mol. The maximum Gasteiger partial charge on any atom is 0.162 e. The molecule has 116 valence electrons. The third-order valence-corrected chi connectivity index (χ3v) is 7.62. The number of benzene rings is 1. The van der Waals surface area contributed by atoms with Crippen LogP contribution >= 0.6 is 0 Å². The number of rotatable bonds is 1. The summed E-state index contributed by atoms with van der Waals surface area (Å²) in [5.74, 6) is -1.93. The van der Waals surface area contributed by atoms with E-state index in [2.05, 4.69) is 0 Å². The fraction of sp³-hybridized carbons (Fsp3) is 0.600. The summed E-state index contributed by atoms with van der Waals surface area (Å²) >= 11 is 0. The van der Waals surface area contributed by atoms with Gasteiger partial charge in [0.15, 0.2) is 21.5 Å². The van der Waals surface area contributed by atoms with Gasteiger partial charge in [0, 0.05) is 0 Å². The lowest BCUT2D eigenvalue weighted by Crippen LogP contribution is -2.50. The van der Waals surface area contributed by atoms with E-state index < -0.39 is 37.6 Å². The lowest BCUT2D eigenvalue weighted by atomic mass is 9.79. The van der Waals surface area contributed by atoms with Gasteiger partial charge in [0.2, 0.25) is 0 Å². The maximum atomic E-state index is 13.8. The Morgan fingerprint density at radius 2 is 1.76 bits per heavy atom. The fourth-order valence-electron chi connectivity index (χ4n) is 3.82. The summed E-state index contributed by atoms with van der Waals surface area (Å²) in [5.41, 5.74) is -1.01. The Morgan fingerprint density at radius 1 is 1.19 bits per heavy atom. The average Bonchev–Trinajstić information content (AvgIpc) is 2.38. The van der Waals surface area contributed by atoms with Gasteiger partial charge in [-0.3, -0.25) is 0 Å². The Kier molecular flexibility index (Phi) is 3.37. The Morgan fingerprint density at radius 3 is 2.33 bits per heavy atom. The van der Waals surface area contributed by atoms with E-state index in [4.69, 9.17) is 0 Å². The molecule has 0 saturated carbocycles. The first-order valence-corrected chi connectivity index (χ1v) is 8.77. The molecule has 2 fully saturated rings. The SMILES string of the molecule is Cc1c(C2(O)CC3CCCC(C2)S3(=O)=O)ccc(F)c1F. The normalized spacial score (nSPS) is 34.7. The summed E-state index contributed by atoms with van der Waals surface area (Å²) in [4.78, 5) is 0. The van der Waals surface area contributed by atoms with E-state index >= 15 is 0 Å². The van der Waals surface area contributed by atoms with Gasteiger partial charge in [0.1, 0.15) is 0 Å². The van der Waals surface area contributed by atoms with Crippen molar-refractivity contribution < 1.29 is 22.3 Å². The highest BCUT2D eigenvalue weighted by Crippen LogP contribution is 2.47. The van der Waals surface area contributed by atoms with Crippen LogP contribution in [0.4, 0.5) is 8.78 Å². The Labute approximate surface area is 122 Å². The van der Waals surface area contributed by atoms with Gasteiger partial charge in [0.25, 0.3) is 0 Å². The van der Waals surface area contributed by atoms with Crippen molar-refractivity contribution in [2.75, 3.05) is 0 Å². The Bertz CT molecular complexity index is 664. The number of sulfone groups is 1. The molecule has 0 aliphatic carbocycles. The van der Waals surface area contributed by atoms with E-state index in [0.717, 1.165) is 12.5 Å². The lowest BCUT2D eigenvalue weighted by molar-refractivity contribution is 0.00405. The molecule has 1 aromatic rings. The predicted octanol–water partition coefficient (Wildman–Crippen LogP) is 2.59. The second kappa shape index (κ2) is 4.74. The first-order chi connectivity index (χ1) is 9.75. The summed E-state index contributed by atoms with van der Waals surface area (Å²) in [7, 11) is -3.20. The minimum absolute atomic E-state index is 0.0647. The standard InChI is InChI=1S/C15H18F2O3S/c1-9-12(5-6-13(16)14(9)17)15(18)7-10-3-2-4-11(8-15)21(10,19)20/h5-6,10-11,18H,2-4,7-8H2,1H3. The van der Waals surface area contributed by atoms with Gasteiger partial charge in [-0.05, 0) is 49.8 Å². The first kappa shape index (κ1) is 14.9. The van der Waals surface area contributed by atoms with Gasteiger partial charge in [-0.25, -0.2) is 17.2 Å². The molecule has 3 nitrogen and oxygen atoms in total. The van der Waals surface area contributed by atoms with E-state index in [1.807, 2.05) is 0 Å². The average molecular weight is 316 g/mol. The van der Waals surface area contributed by atoms with E-state index in [-0.39, 0.29) is 18.4 Å². The van der Waals surface area contributed by atoms with Crippen molar-refractivity contribution in [3.8, 4) is 0 Å². The van der Waals surface area contributed by atoms with E-state index in [1.165, 1.54) is 13.0 Å². The molecule has 6 heteroatoms. The number of hydrogen-bond donors (Lipinski definition) is 1. The number of aliphatic hydroxyl groups is 1. The molecule has 0 aromatic heterocycles. The summed E-state index contributed by atoms with van der Waals surface area (Å²) in [6, 6.07) is 2.37. The van der Waals surface area contributed by atoms with E-state index in [0.29, 0.717) is 18.4 Å². The number of hydrogen-bond acceptors (Lipinski definition) is 3. The quantitative estimate of drug-likeness (QED) is 0.866. The Balaban J connectivity index is 2.06. The van der Waals surface area contributed by atoms with Gasteiger partial charge in [-0.15, -0.1) is 0 Å². The van der Waals surface area contributed by atoms with Gasteiger partial charge >= 0.3 is 0 Å². The molecule has 2 aliphatic heterocycles. The van der Waals surface area contributed by atoms with Crippen molar-refractivity contribution in [2.24, 2.45) is 0 Å². The number of halogens is 2. The topological polar surface area (TPSA) is 54.4 Å². The van der Waals surface area contributed by atoms with Crippen molar-refractivity contribution in [2.45, 2.75) is 55.1 Å². The van der Waals surface area contributed by atoms with Crippen molar-refractivity contribution >= 4 is 9.84 Å². The van der Waals surface area contributed by atoms with Crippen molar-refractivity contribution in [1.29, 1.82) is 0 Å². The monoisotopic (exact) mass is 316 g/mol. The van der Waals surface area contributed by atoms with Crippen molar-refractivity contribution in [3.05, 3.63) is 34.9 Å². The molecule has 2 heterocycles. The van der Waals surface area contributed by atoms with Gasteiger partial charge in [-0.2, -0.15) is 0 Å². The molecule has 2 aliphatic rings. The highest BCUT2D eigenvalue weighted by Gasteiger charge is 2.51. The van der Waals surface area contributed by atoms with E-state index in [1.54, 1.807) is 0 Å². The Hall–Kier alpha value is -1.01. The zero-order valence-electron chi connectivity index (χ0n) is 11.8. The molecule has 3 rings (SSSR count). The summed E-state index contributed by atoms with van der Waals surface area (Å²) in [5, 5.41) is 9.76. The van der Waals surface area contributed by atoms with Gasteiger partial charge < -0.3 is 5.11 Å². The molecule has 21 heavy (non-hydrogen) atoms. The summed E-state index contributed by atoms with van der Waals surface area (Å²) in [6.45, 7) is 1.42. The zero-order chi connectivity index (χ0) is 15.4. The highest BCUT2D eigenvalue weighted by atomic mass is 32.2. The molecule has 0 amide bonds. The maximum absolute atomic E-state index is 13.8. The van der Waals surface area contributed by atoms with Crippen LogP contribution in [0.5, 0.6) is 0 Å². The fourth-order valence-corrected chi connectivity index (χ4v) is 6.37. The van der Waals surface area contributed by atoms with E-state index in [9.17, 15) is 22.3 Å². The minimum Gasteiger partial charge on any atom is -0.385 e. The smallest absolute Gasteiger partial charge is 0.162 e. The van der Waals surface area contributed by atoms with Crippen molar-refractivity contribution in [3.63, 3.8) is 0 Å². The van der Waals surface area contributed by atoms with Crippen LogP contribution in [0.25, 0.3) is 0 Å². The van der Waals surface area contributed by atoms with Crippen LogP contribution in [0.3, 0.4) is 0 Å². The van der Waals surface area contributed by atoms with Gasteiger partial charge in [0.05, 0.1) is 16.1 Å². The summed E-state index contributed by atoms with van der Waals surface area (Å²) < 4.78 is 51.6. The van der Waals surface area contributed by atoms with Gasteiger partial charge in [-0.1, -0.05) is 12.5 Å². The molecule has 0 spiro atoms. The van der Waals surface area contributed by atoms with Crippen LogP contribution < -0.4 is 0 Å². The second-order valence-electron chi connectivity index (χ2n) is 6.24. The summed E-state index contributed by atoms with van der Waals surface area (Å²) in [6.07, 6.45) is 2.03. The molecule has 1 N–H and O–H groups in total. The van der Waals surface area contributed by atoms with Crippen LogP contribution in [-0.4, -0.2) is 24.0 Å². The van der Waals surface area contributed by atoms with Crippen LogP contribution in [0.15, 0.2) is 12.1 Å². The number of fused-ring (bicyclic) bond motifs is 2. The molecule has 2 unspecified atom stereocenters. The highest BCUT2D eigenvalue weighted by molar-refractivity contribution is 7.92. The first-order valence-electron chi connectivity index (χ1n) is 7.16. The third kappa shape index (κ3) is 2.19. The van der Waals surface area contributed by atoms with Crippen LogP contribution in [-0.2, 0) is 15.4 Å². The molecular weight excluding hydrogens is 298 g/mol. The molecule has 2 bridgehead atoms. The molecular formula is C15H18F2O3S. The van der Waals surface area contributed by atoms with Crippen LogP contribution in [0.2, 0.25) is 0 Å².